The van der Waals surface area contributed by atoms with E-state index in [9.17, 15) is 10.1 Å². The maximum atomic E-state index is 13.5. The number of carbonyl (C=O) groups is 1. The highest BCUT2D eigenvalue weighted by atomic mass is 32.2. The lowest BCUT2D eigenvalue weighted by Gasteiger charge is -2.34. The largest absolute Gasteiger partial charge is 0.362 e. The predicted octanol–water partition coefficient (Wildman–Crippen LogP) is 6.67. The first-order chi connectivity index (χ1) is 18.9. The molecular formula is C31H39N7OS. The van der Waals surface area contributed by atoms with E-state index >= 15 is 0 Å². The Hall–Kier alpha value is -3.64. The first-order valence-corrected chi connectivity index (χ1v) is 14.6. The van der Waals surface area contributed by atoms with Gasteiger partial charge in [0, 0.05) is 41.3 Å². The molecule has 9 heteroatoms. The number of rotatable bonds is 8. The van der Waals surface area contributed by atoms with Gasteiger partial charge in [-0.1, -0.05) is 40.7 Å². The van der Waals surface area contributed by atoms with Crippen molar-refractivity contribution < 1.29 is 4.79 Å². The number of aromatic nitrogens is 3. The number of nitriles is 1. The average molecular weight is 558 g/mol. The van der Waals surface area contributed by atoms with Crippen molar-refractivity contribution in [3.05, 3.63) is 71.2 Å². The number of hydrogen-bond acceptors (Lipinski definition) is 8. The van der Waals surface area contributed by atoms with Crippen LogP contribution in [0.5, 0.6) is 0 Å². The van der Waals surface area contributed by atoms with Crippen LogP contribution in [0.25, 0.3) is 0 Å². The Bertz CT molecular complexity index is 1410. The molecule has 0 aliphatic carbocycles. The molecule has 4 heterocycles. The second-order valence-corrected chi connectivity index (χ2v) is 13.0. The number of pyridine rings is 3. The van der Waals surface area contributed by atoms with Crippen molar-refractivity contribution in [2.24, 2.45) is 5.92 Å². The van der Waals surface area contributed by atoms with Gasteiger partial charge in [0.15, 0.2) is 0 Å². The summed E-state index contributed by atoms with van der Waals surface area (Å²) in [6.07, 6.45) is 3.46. The Kier molecular flexibility index (Phi) is 8.69. The van der Waals surface area contributed by atoms with Gasteiger partial charge in [-0.15, -0.1) is 0 Å². The fourth-order valence-electron chi connectivity index (χ4n) is 5.19. The molecule has 210 valence electrons. The van der Waals surface area contributed by atoms with Crippen molar-refractivity contribution >= 4 is 29.5 Å². The second kappa shape index (κ2) is 11.8. The minimum absolute atomic E-state index is 0.0932. The van der Waals surface area contributed by atoms with Crippen LogP contribution in [0, 0.1) is 17.2 Å². The SMILES string of the molecule is CCC(Nc1cccc(SNC(=O)c2ccc(C(C)(C)C)nc2N2CC(C)CC2(C)C)n1)c1cc(C#N)ccn1. The predicted molar refractivity (Wildman–Crippen MR) is 161 cm³/mol. The van der Waals surface area contributed by atoms with Gasteiger partial charge in [-0.05, 0) is 69.0 Å². The number of hydrogen-bond donors (Lipinski definition) is 2. The van der Waals surface area contributed by atoms with E-state index in [0.717, 1.165) is 36.6 Å². The molecule has 8 nitrogen and oxygen atoms in total. The Labute approximate surface area is 242 Å². The van der Waals surface area contributed by atoms with Crippen LogP contribution in [0.2, 0.25) is 0 Å². The molecule has 4 rings (SSSR count). The summed E-state index contributed by atoms with van der Waals surface area (Å²) in [5.74, 6) is 1.72. The summed E-state index contributed by atoms with van der Waals surface area (Å²) < 4.78 is 2.99. The van der Waals surface area contributed by atoms with Gasteiger partial charge < -0.3 is 10.2 Å². The topological polar surface area (TPSA) is 107 Å². The van der Waals surface area contributed by atoms with E-state index in [0.29, 0.717) is 27.9 Å². The van der Waals surface area contributed by atoms with Gasteiger partial charge in [0.1, 0.15) is 16.7 Å². The van der Waals surface area contributed by atoms with Crippen LogP contribution >= 0.6 is 11.9 Å². The Morgan fingerprint density at radius 2 is 2.00 bits per heavy atom. The van der Waals surface area contributed by atoms with E-state index in [1.54, 1.807) is 18.3 Å². The van der Waals surface area contributed by atoms with Gasteiger partial charge >= 0.3 is 0 Å². The molecule has 0 saturated carbocycles. The Morgan fingerprint density at radius 1 is 1.23 bits per heavy atom. The summed E-state index contributed by atoms with van der Waals surface area (Å²) in [6, 6.07) is 15.0. The van der Waals surface area contributed by atoms with Crippen molar-refractivity contribution in [3.8, 4) is 6.07 Å². The summed E-state index contributed by atoms with van der Waals surface area (Å²) in [4.78, 5) is 30.0. The monoisotopic (exact) mass is 557 g/mol. The van der Waals surface area contributed by atoms with E-state index in [1.165, 1.54) is 11.9 Å². The maximum Gasteiger partial charge on any atom is 0.265 e. The van der Waals surface area contributed by atoms with E-state index in [1.807, 2.05) is 30.3 Å². The van der Waals surface area contributed by atoms with Gasteiger partial charge in [-0.2, -0.15) is 5.26 Å². The lowest BCUT2D eigenvalue weighted by atomic mass is 9.91. The highest BCUT2D eigenvalue weighted by Gasteiger charge is 2.39. The number of carbonyl (C=O) groups excluding carboxylic acids is 1. The fraction of sp³-hybridized carbons (Fsp3) is 0.452. The van der Waals surface area contributed by atoms with Gasteiger partial charge in [0.05, 0.1) is 28.9 Å². The first kappa shape index (κ1) is 29.3. The molecule has 0 spiro atoms. The van der Waals surface area contributed by atoms with Crippen LogP contribution in [0.1, 0.15) is 94.7 Å². The zero-order valence-corrected chi connectivity index (χ0v) is 25.3. The minimum atomic E-state index is -0.201. The highest BCUT2D eigenvalue weighted by Crippen LogP contribution is 2.38. The van der Waals surface area contributed by atoms with Crippen LogP contribution < -0.4 is 14.9 Å². The smallest absolute Gasteiger partial charge is 0.265 e. The summed E-state index contributed by atoms with van der Waals surface area (Å²) in [5, 5.41) is 13.3. The summed E-state index contributed by atoms with van der Waals surface area (Å²) in [5.41, 5.74) is 2.65. The van der Waals surface area contributed by atoms with Gasteiger partial charge in [-0.3, -0.25) is 14.5 Å². The summed E-state index contributed by atoms with van der Waals surface area (Å²) in [6.45, 7) is 16.0. The van der Waals surface area contributed by atoms with Crippen LogP contribution in [0.3, 0.4) is 0 Å². The highest BCUT2D eigenvalue weighted by molar-refractivity contribution is 7.97. The molecule has 1 amide bonds. The molecule has 2 atom stereocenters. The third kappa shape index (κ3) is 6.73. The third-order valence-electron chi connectivity index (χ3n) is 7.19. The normalized spacial score (nSPS) is 17.2. The second-order valence-electron chi connectivity index (χ2n) is 12.1. The van der Waals surface area contributed by atoms with Gasteiger partial charge in [-0.25, -0.2) is 9.97 Å². The molecule has 1 aliphatic rings. The van der Waals surface area contributed by atoms with E-state index in [-0.39, 0.29) is 22.9 Å². The summed E-state index contributed by atoms with van der Waals surface area (Å²) >= 11 is 1.18. The lowest BCUT2D eigenvalue weighted by molar-refractivity contribution is 0.0984. The first-order valence-electron chi connectivity index (χ1n) is 13.8. The lowest BCUT2D eigenvalue weighted by Crippen LogP contribution is -2.40. The van der Waals surface area contributed by atoms with Crippen molar-refractivity contribution in [2.75, 3.05) is 16.8 Å². The Balaban J connectivity index is 1.52. The number of amides is 1. The van der Waals surface area contributed by atoms with Gasteiger partial charge in [0.25, 0.3) is 5.91 Å². The molecule has 3 aromatic heterocycles. The van der Waals surface area contributed by atoms with Gasteiger partial charge in [0.2, 0.25) is 0 Å². The molecule has 1 fully saturated rings. The standard InChI is InChI=1S/C31H39N7OS/c1-8-23(24-16-21(18-32)14-15-33-24)34-26-10-9-11-27(36-26)40-37-29(39)22-12-13-25(30(3,4)5)35-28(22)38-19-20(2)17-31(38,6)7/h9-16,20,23H,8,17,19H2,1-7H3,(H,34,36)(H,37,39). The summed E-state index contributed by atoms with van der Waals surface area (Å²) in [7, 11) is 0. The van der Waals surface area contributed by atoms with E-state index in [4.69, 9.17) is 9.97 Å². The van der Waals surface area contributed by atoms with E-state index < -0.39 is 0 Å². The van der Waals surface area contributed by atoms with E-state index in [2.05, 4.69) is 74.5 Å². The van der Waals surface area contributed by atoms with Crippen molar-refractivity contribution in [3.63, 3.8) is 0 Å². The number of nitrogens with zero attached hydrogens (tertiary/aromatic N) is 5. The zero-order valence-electron chi connectivity index (χ0n) is 24.4. The zero-order chi connectivity index (χ0) is 29.1. The van der Waals surface area contributed by atoms with Crippen LogP contribution in [0.4, 0.5) is 11.6 Å². The molecule has 0 radical (unpaired) electrons. The number of anilines is 2. The third-order valence-corrected chi connectivity index (χ3v) is 7.91. The Morgan fingerprint density at radius 3 is 2.65 bits per heavy atom. The molecule has 2 unspecified atom stereocenters. The minimum Gasteiger partial charge on any atom is -0.362 e. The molecule has 1 saturated heterocycles. The molecule has 0 bridgehead atoms. The molecule has 40 heavy (non-hydrogen) atoms. The van der Waals surface area contributed by atoms with Crippen LogP contribution in [-0.4, -0.2) is 32.9 Å². The van der Waals surface area contributed by atoms with Crippen molar-refractivity contribution in [2.45, 2.75) is 83.3 Å². The molecule has 1 aliphatic heterocycles. The number of nitrogens with one attached hydrogen (secondary N) is 2. The average Bonchev–Trinajstić information content (AvgIpc) is 3.21. The maximum absolute atomic E-state index is 13.5. The molecule has 3 aromatic rings. The van der Waals surface area contributed by atoms with Crippen molar-refractivity contribution in [1.29, 1.82) is 5.26 Å². The van der Waals surface area contributed by atoms with Crippen LogP contribution in [0.15, 0.2) is 53.7 Å². The van der Waals surface area contributed by atoms with Crippen LogP contribution in [-0.2, 0) is 5.41 Å². The molecular weight excluding hydrogens is 518 g/mol. The fourth-order valence-corrected chi connectivity index (χ4v) is 5.78. The molecule has 2 N–H and O–H groups in total. The quantitative estimate of drug-likeness (QED) is 0.296. The van der Waals surface area contributed by atoms with Crippen molar-refractivity contribution in [1.82, 2.24) is 19.7 Å². The molecule has 0 aromatic carbocycles.